The highest BCUT2D eigenvalue weighted by Crippen LogP contribution is 2.36. The van der Waals surface area contributed by atoms with Gasteiger partial charge < -0.3 is 5.73 Å². The number of amides is 2. The van der Waals surface area contributed by atoms with E-state index in [2.05, 4.69) is 15.2 Å². The van der Waals surface area contributed by atoms with Crippen molar-refractivity contribution in [3.05, 3.63) is 23.9 Å². The van der Waals surface area contributed by atoms with Crippen LogP contribution in [0.3, 0.4) is 0 Å². The second kappa shape index (κ2) is 4.90. The Hall–Kier alpha value is -2.71. The molecule has 0 saturated carbocycles. The van der Waals surface area contributed by atoms with Gasteiger partial charge in [-0.1, -0.05) is 0 Å². The average Bonchev–Trinajstić information content (AvgIpc) is 3.20. The van der Waals surface area contributed by atoms with E-state index in [9.17, 15) is 9.59 Å². The van der Waals surface area contributed by atoms with Crippen molar-refractivity contribution in [1.82, 2.24) is 24.5 Å². The molecular formula is C14H17N7O2. The SMILES string of the molecule is CN1C(=O)[C@H](C2CCc3nc(C(N)=O)nn32)CCn2nccc21. The maximum Gasteiger partial charge on any atom is 0.288 e. The van der Waals surface area contributed by atoms with Crippen molar-refractivity contribution in [2.24, 2.45) is 11.7 Å². The van der Waals surface area contributed by atoms with E-state index >= 15 is 0 Å². The number of nitrogens with two attached hydrogens (primary N) is 1. The molecule has 120 valence electrons. The molecule has 1 unspecified atom stereocenters. The van der Waals surface area contributed by atoms with E-state index in [0.717, 1.165) is 18.1 Å². The van der Waals surface area contributed by atoms with Crippen LogP contribution >= 0.6 is 0 Å². The number of carbonyl (C=O) groups excluding carboxylic acids is 2. The molecule has 23 heavy (non-hydrogen) atoms. The Morgan fingerprint density at radius 1 is 1.39 bits per heavy atom. The Morgan fingerprint density at radius 3 is 3.00 bits per heavy atom. The van der Waals surface area contributed by atoms with Gasteiger partial charge in [0.05, 0.1) is 18.2 Å². The largest absolute Gasteiger partial charge is 0.363 e. The highest BCUT2D eigenvalue weighted by atomic mass is 16.2. The molecule has 2 aromatic heterocycles. The molecule has 9 nitrogen and oxygen atoms in total. The van der Waals surface area contributed by atoms with Crippen LogP contribution in [0.2, 0.25) is 0 Å². The van der Waals surface area contributed by atoms with Gasteiger partial charge >= 0.3 is 0 Å². The third-order valence-corrected chi connectivity index (χ3v) is 4.70. The van der Waals surface area contributed by atoms with Crippen molar-refractivity contribution in [2.45, 2.75) is 31.8 Å². The first-order valence-corrected chi connectivity index (χ1v) is 7.61. The number of hydrogen-bond acceptors (Lipinski definition) is 5. The second-order valence-electron chi connectivity index (χ2n) is 5.97. The Kier molecular flexibility index (Phi) is 2.97. The second-order valence-corrected chi connectivity index (χ2v) is 5.97. The average molecular weight is 315 g/mol. The van der Waals surface area contributed by atoms with Gasteiger partial charge in [-0.05, 0) is 12.8 Å². The van der Waals surface area contributed by atoms with Crippen molar-refractivity contribution >= 4 is 17.6 Å². The highest BCUT2D eigenvalue weighted by molar-refractivity contribution is 5.94. The summed E-state index contributed by atoms with van der Waals surface area (Å²) in [6.07, 6.45) is 3.86. The van der Waals surface area contributed by atoms with Gasteiger partial charge in [0.25, 0.3) is 5.91 Å². The molecule has 0 bridgehead atoms. The molecular weight excluding hydrogens is 298 g/mol. The number of carbonyl (C=O) groups is 2. The van der Waals surface area contributed by atoms with E-state index in [-0.39, 0.29) is 23.7 Å². The summed E-state index contributed by atoms with van der Waals surface area (Å²) >= 11 is 0. The van der Waals surface area contributed by atoms with Gasteiger partial charge in [0, 0.05) is 26.1 Å². The summed E-state index contributed by atoms with van der Waals surface area (Å²) in [7, 11) is 1.76. The molecule has 0 spiro atoms. The number of anilines is 1. The molecule has 2 aliphatic rings. The minimum Gasteiger partial charge on any atom is -0.363 e. The van der Waals surface area contributed by atoms with Crippen LogP contribution in [0.1, 0.15) is 35.3 Å². The van der Waals surface area contributed by atoms with Gasteiger partial charge in [0.2, 0.25) is 11.7 Å². The van der Waals surface area contributed by atoms with Gasteiger partial charge in [-0.3, -0.25) is 14.5 Å². The molecule has 2 atom stereocenters. The number of rotatable bonds is 2. The van der Waals surface area contributed by atoms with Gasteiger partial charge in [0.15, 0.2) is 0 Å². The van der Waals surface area contributed by atoms with Crippen molar-refractivity contribution in [2.75, 3.05) is 11.9 Å². The predicted octanol–water partition coefficient (Wildman–Crippen LogP) is -0.256. The lowest BCUT2D eigenvalue weighted by Gasteiger charge is -2.24. The van der Waals surface area contributed by atoms with Crippen LogP contribution in [-0.2, 0) is 17.8 Å². The quantitative estimate of drug-likeness (QED) is 0.821. The monoisotopic (exact) mass is 315 g/mol. The molecule has 2 aliphatic heterocycles. The van der Waals surface area contributed by atoms with Crippen LogP contribution in [0.15, 0.2) is 12.3 Å². The van der Waals surface area contributed by atoms with Gasteiger partial charge in [0.1, 0.15) is 11.6 Å². The van der Waals surface area contributed by atoms with E-state index in [4.69, 9.17) is 5.73 Å². The van der Waals surface area contributed by atoms with Crippen molar-refractivity contribution < 1.29 is 9.59 Å². The molecule has 0 radical (unpaired) electrons. The maximum atomic E-state index is 12.9. The van der Waals surface area contributed by atoms with Crippen LogP contribution in [-0.4, -0.2) is 43.4 Å². The summed E-state index contributed by atoms with van der Waals surface area (Å²) in [6, 6.07) is 1.74. The minimum absolute atomic E-state index is 0.0204. The highest BCUT2D eigenvalue weighted by Gasteiger charge is 2.39. The van der Waals surface area contributed by atoms with Crippen molar-refractivity contribution in [3.8, 4) is 0 Å². The van der Waals surface area contributed by atoms with Crippen LogP contribution in [0, 0.1) is 5.92 Å². The fraction of sp³-hybridized carbons (Fsp3) is 0.500. The van der Waals surface area contributed by atoms with Crippen LogP contribution in [0.25, 0.3) is 0 Å². The predicted molar refractivity (Wildman–Crippen MR) is 79.6 cm³/mol. The topological polar surface area (TPSA) is 112 Å². The molecule has 2 N–H and O–H groups in total. The van der Waals surface area contributed by atoms with Crippen molar-refractivity contribution in [1.29, 1.82) is 0 Å². The van der Waals surface area contributed by atoms with Gasteiger partial charge in [-0.15, -0.1) is 5.10 Å². The zero-order valence-electron chi connectivity index (χ0n) is 12.7. The van der Waals surface area contributed by atoms with Crippen LogP contribution in [0.4, 0.5) is 5.82 Å². The Morgan fingerprint density at radius 2 is 2.22 bits per heavy atom. The minimum atomic E-state index is -0.643. The number of fused-ring (bicyclic) bond motifs is 2. The maximum absolute atomic E-state index is 12.9. The summed E-state index contributed by atoms with van der Waals surface area (Å²) in [5.74, 6) is 0.721. The number of hydrogen-bond donors (Lipinski definition) is 1. The zero-order valence-corrected chi connectivity index (χ0v) is 12.7. The van der Waals surface area contributed by atoms with E-state index < -0.39 is 5.91 Å². The van der Waals surface area contributed by atoms with E-state index in [1.54, 1.807) is 22.8 Å². The van der Waals surface area contributed by atoms with E-state index in [1.807, 2.05) is 10.7 Å². The lowest BCUT2D eigenvalue weighted by atomic mass is 9.93. The van der Waals surface area contributed by atoms with Crippen molar-refractivity contribution in [3.63, 3.8) is 0 Å². The molecule has 2 aromatic rings. The molecule has 4 rings (SSSR count). The zero-order chi connectivity index (χ0) is 16.1. The Bertz CT molecular complexity index is 793. The molecule has 0 aliphatic carbocycles. The number of primary amides is 1. The van der Waals surface area contributed by atoms with Crippen LogP contribution in [0.5, 0.6) is 0 Å². The first-order valence-electron chi connectivity index (χ1n) is 7.61. The van der Waals surface area contributed by atoms with Gasteiger partial charge in [-0.2, -0.15) is 5.10 Å². The summed E-state index contributed by atoms with van der Waals surface area (Å²) < 4.78 is 3.55. The number of nitrogens with zero attached hydrogens (tertiary/aromatic N) is 6. The number of aromatic nitrogens is 5. The normalized spacial score (nSPS) is 23.5. The lowest BCUT2D eigenvalue weighted by Crippen LogP contribution is -2.36. The molecule has 0 fully saturated rings. The lowest BCUT2D eigenvalue weighted by molar-refractivity contribution is -0.123. The van der Waals surface area contributed by atoms with E-state index in [0.29, 0.717) is 19.4 Å². The molecule has 0 saturated heterocycles. The summed E-state index contributed by atoms with van der Waals surface area (Å²) in [5, 5.41) is 8.47. The third kappa shape index (κ3) is 2.03. The molecule has 2 amide bonds. The van der Waals surface area contributed by atoms with E-state index in [1.165, 1.54) is 0 Å². The Labute approximate surface area is 132 Å². The summed E-state index contributed by atoms with van der Waals surface area (Å²) in [4.78, 5) is 30.0. The Balaban J connectivity index is 1.66. The first kappa shape index (κ1) is 13.9. The fourth-order valence-corrected chi connectivity index (χ4v) is 3.55. The molecule has 4 heterocycles. The number of aryl methyl sites for hydroxylation is 2. The standard InChI is InChI=1S/C14H17N7O2/c1-19-11-4-6-16-20(11)7-5-8(14(19)23)9-2-3-10-17-13(12(15)22)18-21(9)10/h4,6,8-9H,2-3,5,7H2,1H3,(H2,15,22)/t8-,9?/m0/s1. The summed E-state index contributed by atoms with van der Waals surface area (Å²) in [5.41, 5.74) is 5.25. The van der Waals surface area contributed by atoms with Gasteiger partial charge in [-0.25, -0.2) is 14.3 Å². The smallest absolute Gasteiger partial charge is 0.288 e. The first-order chi connectivity index (χ1) is 11.1. The summed E-state index contributed by atoms with van der Waals surface area (Å²) in [6.45, 7) is 0.673. The fourth-order valence-electron chi connectivity index (χ4n) is 3.55. The molecule has 0 aromatic carbocycles. The molecule has 9 heteroatoms. The third-order valence-electron chi connectivity index (χ3n) is 4.70. The van der Waals surface area contributed by atoms with Crippen LogP contribution < -0.4 is 10.6 Å².